The van der Waals surface area contributed by atoms with Crippen LogP contribution in [0.5, 0.6) is 0 Å². The molecule has 12 heavy (non-hydrogen) atoms. The maximum Gasteiger partial charge on any atom is 0.267 e. The number of rotatable bonds is 1. The molecule has 0 bridgehead atoms. The molecule has 0 aromatic carbocycles. The minimum Gasteiger partial charge on any atom is -0.335 e. The molecule has 1 saturated heterocycles. The van der Waals surface area contributed by atoms with E-state index in [9.17, 15) is 13.6 Å². The number of nitrogens with two attached hydrogens (primary N) is 1. The molecule has 1 unspecified atom stereocenters. The van der Waals surface area contributed by atoms with Crippen molar-refractivity contribution in [3.8, 4) is 0 Å². The lowest BCUT2D eigenvalue weighted by atomic mass is 10.3. The van der Waals surface area contributed by atoms with Crippen molar-refractivity contribution in [1.29, 1.82) is 0 Å². The first-order valence-corrected chi connectivity index (χ1v) is 3.84. The van der Waals surface area contributed by atoms with Crippen LogP contribution in [0.2, 0.25) is 0 Å². The van der Waals surface area contributed by atoms with Crippen LogP contribution in [0.15, 0.2) is 0 Å². The van der Waals surface area contributed by atoms with Crippen molar-refractivity contribution in [3.05, 3.63) is 0 Å². The van der Waals surface area contributed by atoms with E-state index < -0.39 is 24.4 Å². The molecule has 0 spiro atoms. The Balaban J connectivity index is 2.53. The summed E-state index contributed by atoms with van der Waals surface area (Å²) < 4.78 is 25.2. The van der Waals surface area contributed by atoms with Crippen molar-refractivity contribution >= 4 is 5.91 Å². The maximum absolute atomic E-state index is 12.6. The zero-order chi connectivity index (χ0) is 9.35. The van der Waals surface area contributed by atoms with Gasteiger partial charge in [0.25, 0.3) is 5.92 Å². The van der Waals surface area contributed by atoms with E-state index >= 15 is 0 Å². The molecule has 1 heterocycles. The predicted octanol–water partition coefficient (Wildman–Crippen LogP) is 0.201. The number of likely N-dealkylation sites (tertiary alicyclic amines) is 1. The van der Waals surface area contributed by atoms with Crippen molar-refractivity contribution in [3.63, 3.8) is 0 Å². The number of halogens is 2. The minimum absolute atomic E-state index is 0.118. The fourth-order valence-corrected chi connectivity index (χ4v) is 1.21. The molecule has 0 aromatic heterocycles. The van der Waals surface area contributed by atoms with Gasteiger partial charge in [0.05, 0.1) is 12.6 Å². The van der Waals surface area contributed by atoms with Crippen LogP contribution in [-0.2, 0) is 4.79 Å². The van der Waals surface area contributed by atoms with Gasteiger partial charge in [-0.3, -0.25) is 4.79 Å². The summed E-state index contributed by atoms with van der Waals surface area (Å²) >= 11 is 0. The van der Waals surface area contributed by atoms with Gasteiger partial charge in [0.1, 0.15) is 0 Å². The van der Waals surface area contributed by atoms with E-state index in [1.807, 2.05) is 0 Å². The molecule has 5 heteroatoms. The third-order valence-electron chi connectivity index (χ3n) is 1.87. The third kappa shape index (κ3) is 1.91. The lowest BCUT2D eigenvalue weighted by Gasteiger charge is -2.17. The van der Waals surface area contributed by atoms with Crippen molar-refractivity contribution in [1.82, 2.24) is 4.90 Å². The summed E-state index contributed by atoms with van der Waals surface area (Å²) in [6.07, 6.45) is -0.245. The zero-order valence-corrected chi connectivity index (χ0v) is 6.89. The molecular weight excluding hydrogens is 166 g/mol. The Morgan fingerprint density at radius 3 is 2.58 bits per heavy atom. The molecule has 0 radical (unpaired) electrons. The summed E-state index contributed by atoms with van der Waals surface area (Å²) in [6.45, 7) is 1.14. The van der Waals surface area contributed by atoms with Gasteiger partial charge in [-0.25, -0.2) is 8.78 Å². The second kappa shape index (κ2) is 2.97. The van der Waals surface area contributed by atoms with Crippen LogP contribution in [0.3, 0.4) is 0 Å². The van der Waals surface area contributed by atoms with Crippen LogP contribution in [0, 0.1) is 0 Å². The number of hydrogen-bond donors (Lipinski definition) is 1. The van der Waals surface area contributed by atoms with Gasteiger partial charge in [-0.2, -0.15) is 0 Å². The van der Waals surface area contributed by atoms with Gasteiger partial charge in [0.15, 0.2) is 0 Å². The average Bonchev–Trinajstić information content (AvgIpc) is 2.28. The van der Waals surface area contributed by atoms with Crippen molar-refractivity contribution in [2.45, 2.75) is 25.3 Å². The van der Waals surface area contributed by atoms with E-state index in [0.717, 1.165) is 4.90 Å². The number of hydrogen-bond acceptors (Lipinski definition) is 2. The van der Waals surface area contributed by atoms with Gasteiger partial charge < -0.3 is 10.6 Å². The molecule has 1 aliphatic rings. The van der Waals surface area contributed by atoms with Gasteiger partial charge in [0.2, 0.25) is 5.91 Å². The average molecular weight is 178 g/mol. The van der Waals surface area contributed by atoms with Crippen LogP contribution in [0.1, 0.15) is 13.3 Å². The van der Waals surface area contributed by atoms with Crippen LogP contribution < -0.4 is 5.73 Å². The predicted molar refractivity (Wildman–Crippen MR) is 39.8 cm³/mol. The molecule has 70 valence electrons. The highest BCUT2D eigenvalue weighted by Gasteiger charge is 2.40. The SMILES string of the molecule is CC(N)C(=O)N1CCC(F)(F)C1. The zero-order valence-electron chi connectivity index (χ0n) is 6.89. The Hall–Kier alpha value is -0.710. The summed E-state index contributed by atoms with van der Waals surface area (Å²) in [6, 6.07) is -0.682. The van der Waals surface area contributed by atoms with E-state index in [1.165, 1.54) is 6.92 Å². The van der Waals surface area contributed by atoms with E-state index in [0.29, 0.717) is 0 Å². The van der Waals surface area contributed by atoms with Crippen molar-refractivity contribution in [2.75, 3.05) is 13.1 Å². The number of nitrogens with zero attached hydrogens (tertiary/aromatic N) is 1. The standard InChI is InChI=1S/C7H12F2N2O/c1-5(10)6(12)11-3-2-7(8,9)4-11/h5H,2-4,10H2,1H3. The van der Waals surface area contributed by atoms with E-state index in [1.54, 1.807) is 0 Å². The molecule has 1 amide bonds. The van der Waals surface area contributed by atoms with Crippen LogP contribution in [0.25, 0.3) is 0 Å². The van der Waals surface area contributed by atoms with Crippen LogP contribution in [0.4, 0.5) is 8.78 Å². The van der Waals surface area contributed by atoms with E-state index in [2.05, 4.69) is 0 Å². The first-order valence-electron chi connectivity index (χ1n) is 3.84. The number of amides is 1. The summed E-state index contributed by atoms with van der Waals surface area (Å²) in [7, 11) is 0. The van der Waals surface area contributed by atoms with Gasteiger partial charge >= 0.3 is 0 Å². The highest BCUT2D eigenvalue weighted by molar-refractivity contribution is 5.81. The Morgan fingerprint density at radius 2 is 2.25 bits per heavy atom. The second-order valence-corrected chi connectivity index (χ2v) is 3.15. The van der Waals surface area contributed by atoms with Gasteiger partial charge in [-0.1, -0.05) is 0 Å². The van der Waals surface area contributed by atoms with Gasteiger partial charge in [-0.15, -0.1) is 0 Å². The molecule has 3 nitrogen and oxygen atoms in total. The third-order valence-corrected chi connectivity index (χ3v) is 1.87. The number of carbonyl (C=O) groups is 1. The summed E-state index contributed by atoms with van der Waals surface area (Å²) in [4.78, 5) is 12.2. The van der Waals surface area contributed by atoms with Gasteiger partial charge in [-0.05, 0) is 6.92 Å². The normalized spacial score (nSPS) is 24.2. The molecule has 2 N–H and O–H groups in total. The molecule has 0 aliphatic carbocycles. The Bertz CT molecular complexity index is 194. The number of carbonyl (C=O) groups excluding carboxylic acids is 1. The number of alkyl halides is 2. The lowest BCUT2D eigenvalue weighted by molar-refractivity contribution is -0.132. The Labute approximate surface area is 69.5 Å². The maximum atomic E-state index is 12.6. The Morgan fingerprint density at radius 1 is 1.67 bits per heavy atom. The van der Waals surface area contributed by atoms with Crippen LogP contribution >= 0.6 is 0 Å². The minimum atomic E-state index is -2.72. The second-order valence-electron chi connectivity index (χ2n) is 3.15. The molecule has 1 rings (SSSR count). The lowest BCUT2D eigenvalue weighted by Crippen LogP contribution is -2.41. The first kappa shape index (κ1) is 9.38. The Kier molecular flexibility index (Phi) is 2.32. The van der Waals surface area contributed by atoms with Crippen molar-refractivity contribution in [2.24, 2.45) is 5.73 Å². The van der Waals surface area contributed by atoms with Crippen LogP contribution in [-0.4, -0.2) is 35.9 Å². The summed E-state index contributed by atoms with van der Waals surface area (Å²) in [5, 5.41) is 0. The smallest absolute Gasteiger partial charge is 0.267 e. The topological polar surface area (TPSA) is 46.3 Å². The fraction of sp³-hybridized carbons (Fsp3) is 0.857. The largest absolute Gasteiger partial charge is 0.335 e. The molecule has 0 saturated carbocycles. The molecule has 1 aliphatic heterocycles. The van der Waals surface area contributed by atoms with E-state index in [-0.39, 0.29) is 13.0 Å². The van der Waals surface area contributed by atoms with Gasteiger partial charge in [0, 0.05) is 13.0 Å². The summed E-state index contributed by atoms with van der Waals surface area (Å²) in [5.74, 6) is -3.11. The quantitative estimate of drug-likeness (QED) is 0.623. The first-order chi connectivity index (χ1) is 5.42. The van der Waals surface area contributed by atoms with E-state index in [4.69, 9.17) is 5.73 Å². The molecular formula is C7H12F2N2O. The highest BCUT2D eigenvalue weighted by atomic mass is 19.3. The molecule has 1 fully saturated rings. The molecule has 1 atom stereocenters. The van der Waals surface area contributed by atoms with Crippen molar-refractivity contribution < 1.29 is 13.6 Å². The fourth-order valence-electron chi connectivity index (χ4n) is 1.21. The summed E-state index contributed by atoms with van der Waals surface area (Å²) in [5.41, 5.74) is 5.27. The monoisotopic (exact) mass is 178 g/mol. The molecule has 0 aromatic rings. The highest BCUT2D eigenvalue weighted by Crippen LogP contribution is 2.26.